The van der Waals surface area contributed by atoms with E-state index in [4.69, 9.17) is 4.42 Å². The van der Waals surface area contributed by atoms with Crippen molar-refractivity contribution in [2.45, 2.75) is 12.8 Å². The zero-order chi connectivity index (χ0) is 17.8. The molecule has 0 aliphatic heterocycles. The number of nitrogens with one attached hydrogen (secondary N) is 1. The van der Waals surface area contributed by atoms with Gasteiger partial charge in [-0.3, -0.25) is 4.79 Å². The summed E-state index contributed by atoms with van der Waals surface area (Å²) in [6.45, 7) is 0. The van der Waals surface area contributed by atoms with Gasteiger partial charge in [-0.15, -0.1) is 10.2 Å². The number of rotatable bonds is 5. The van der Waals surface area contributed by atoms with E-state index in [1.807, 2.05) is 0 Å². The second-order valence-corrected chi connectivity index (χ2v) is 5.15. The number of anilines is 1. The van der Waals surface area contributed by atoms with Gasteiger partial charge < -0.3 is 9.73 Å². The van der Waals surface area contributed by atoms with Crippen LogP contribution >= 0.6 is 0 Å². The maximum absolute atomic E-state index is 13.5. The van der Waals surface area contributed by atoms with Gasteiger partial charge in [0.25, 0.3) is 0 Å². The van der Waals surface area contributed by atoms with Crippen molar-refractivity contribution in [3.05, 3.63) is 65.8 Å². The molecule has 0 spiro atoms. The number of hydrogen-bond donors (Lipinski definition) is 1. The van der Waals surface area contributed by atoms with Crippen molar-refractivity contribution in [3.8, 4) is 11.5 Å². The maximum Gasteiger partial charge on any atom is 0.247 e. The van der Waals surface area contributed by atoms with Gasteiger partial charge in [0.2, 0.25) is 17.7 Å². The number of hydrogen-bond acceptors (Lipinski definition) is 4. The third-order valence-electron chi connectivity index (χ3n) is 3.35. The van der Waals surface area contributed by atoms with Gasteiger partial charge in [0.15, 0.2) is 0 Å². The molecule has 0 saturated carbocycles. The van der Waals surface area contributed by atoms with E-state index in [0.717, 1.165) is 12.1 Å². The van der Waals surface area contributed by atoms with Crippen LogP contribution in [0.3, 0.4) is 0 Å². The number of nitrogens with zero attached hydrogens (tertiary/aromatic N) is 2. The zero-order valence-electron chi connectivity index (χ0n) is 12.8. The molecule has 0 aliphatic rings. The van der Waals surface area contributed by atoms with E-state index in [1.54, 1.807) is 0 Å². The Bertz CT molecular complexity index is 874. The van der Waals surface area contributed by atoms with Gasteiger partial charge in [-0.2, -0.15) is 0 Å². The predicted molar refractivity (Wildman–Crippen MR) is 83.0 cm³/mol. The Balaban J connectivity index is 1.60. The lowest BCUT2D eigenvalue weighted by Gasteiger charge is -2.06. The summed E-state index contributed by atoms with van der Waals surface area (Å²) in [6, 6.07) is 8.79. The van der Waals surface area contributed by atoms with Crippen molar-refractivity contribution in [2.24, 2.45) is 0 Å². The second kappa shape index (κ2) is 7.16. The molecule has 2 aromatic carbocycles. The molecule has 0 saturated heterocycles. The lowest BCUT2D eigenvalue weighted by atomic mass is 10.2. The summed E-state index contributed by atoms with van der Waals surface area (Å²) in [5.74, 6) is -2.32. The van der Waals surface area contributed by atoms with E-state index in [0.29, 0.717) is 5.56 Å². The third-order valence-corrected chi connectivity index (χ3v) is 3.35. The summed E-state index contributed by atoms with van der Waals surface area (Å²) in [6.07, 6.45) is -0.00503. The standard InChI is InChI=1S/C17H12F3N3O2/c18-11-6-4-10(5-7-11)17-23-22-15(25-17)9-8-14(24)21-16-12(19)2-1-3-13(16)20/h1-7H,8-9H2,(H,21,24). The van der Waals surface area contributed by atoms with Crippen molar-refractivity contribution in [2.75, 3.05) is 5.32 Å². The van der Waals surface area contributed by atoms with Crippen LogP contribution in [0.15, 0.2) is 46.9 Å². The summed E-state index contributed by atoms with van der Waals surface area (Å²) in [4.78, 5) is 11.8. The number of benzene rings is 2. The van der Waals surface area contributed by atoms with Crippen LogP contribution in [0.5, 0.6) is 0 Å². The van der Waals surface area contributed by atoms with Gasteiger partial charge in [-0.1, -0.05) is 6.07 Å². The molecule has 1 heterocycles. The van der Waals surface area contributed by atoms with Crippen LogP contribution in [0.25, 0.3) is 11.5 Å². The van der Waals surface area contributed by atoms with E-state index >= 15 is 0 Å². The fraction of sp³-hybridized carbons (Fsp3) is 0.118. The Hall–Kier alpha value is -3.16. The average Bonchev–Trinajstić information content (AvgIpc) is 3.06. The second-order valence-electron chi connectivity index (χ2n) is 5.15. The van der Waals surface area contributed by atoms with Crippen LogP contribution in [0.1, 0.15) is 12.3 Å². The molecule has 0 atom stereocenters. The summed E-state index contributed by atoms with van der Waals surface area (Å²) in [7, 11) is 0. The first kappa shape index (κ1) is 16.7. The van der Waals surface area contributed by atoms with Gasteiger partial charge in [-0.25, -0.2) is 13.2 Å². The number of carbonyl (C=O) groups is 1. The number of aromatic nitrogens is 2. The average molecular weight is 347 g/mol. The molecule has 0 aliphatic carbocycles. The molecule has 1 N–H and O–H groups in total. The Morgan fingerprint density at radius 3 is 2.36 bits per heavy atom. The zero-order valence-corrected chi connectivity index (χ0v) is 12.8. The van der Waals surface area contributed by atoms with Crippen LogP contribution in [0.4, 0.5) is 18.9 Å². The SMILES string of the molecule is O=C(CCc1nnc(-c2ccc(F)cc2)o1)Nc1c(F)cccc1F. The van der Waals surface area contributed by atoms with Crippen molar-refractivity contribution < 1.29 is 22.4 Å². The minimum atomic E-state index is -0.857. The van der Waals surface area contributed by atoms with Crippen molar-refractivity contribution in [1.29, 1.82) is 0 Å². The number of carbonyl (C=O) groups excluding carboxylic acids is 1. The van der Waals surface area contributed by atoms with Crippen LogP contribution in [-0.2, 0) is 11.2 Å². The van der Waals surface area contributed by atoms with Gasteiger partial charge >= 0.3 is 0 Å². The molecule has 0 fully saturated rings. The molecule has 5 nitrogen and oxygen atoms in total. The van der Waals surface area contributed by atoms with Crippen molar-refractivity contribution in [3.63, 3.8) is 0 Å². The first-order valence-corrected chi connectivity index (χ1v) is 7.35. The Kier molecular flexibility index (Phi) is 4.78. The van der Waals surface area contributed by atoms with E-state index in [1.165, 1.54) is 30.3 Å². The van der Waals surface area contributed by atoms with Gasteiger partial charge in [0.05, 0.1) is 0 Å². The molecule has 3 aromatic rings. The maximum atomic E-state index is 13.5. The third kappa shape index (κ3) is 4.03. The molecule has 0 unspecified atom stereocenters. The number of para-hydroxylation sites is 1. The summed E-state index contributed by atoms with van der Waals surface area (Å²) >= 11 is 0. The fourth-order valence-corrected chi connectivity index (χ4v) is 2.10. The Labute approximate surface area is 140 Å². The first-order chi connectivity index (χ1) is 12.0. The Morgan fingerprint density at radius 2 is 1.68 bits per heavy atom. The molecule has 3 rings (SSSR count). The minimum absolute atomic E-state index is 0.0934. The highest BCUT2D eigenvalue weighted by Gasteiger charge is 2.14. The van der Waals surface area contributed by atoms with Crippen molar-refractivity contribution in [1.82, 2.24) is 10.2 Å². The van der Waals surface area contributed by atoms with Gasteiger partial charge in [-0.05, 0) is 36.4 Å². The first-order valence-electron chi connectivity index (χ1n) is 7.35. The monoisotopic (exact) mass is 347 g/mol. The molecular formula is C17H12F3N3O2. The van der Waals surface area contributed by atoms with Gasteiger partial charge in [0, 0.05) is 18.4 Å². The van der Waals surface area contributed by atoms with Crippen LogP contribution in [0, 0.1) is 17.5 Å². The quantitative estimate of drug-likeness (QED) is 0.764. The van der Waals surface area contributed by atoms with E-state index in [9.17, 15) is 18.0 Å². The normalized spacial score (nSPS) is 10.7. The number of amides is 1. The summed E-state index contributed by atoms with van der Waals surface area (Å²) < 4.78 is 45.2. The molecule has 128 valence electrons. The lowest BCUT2D eigenvalue weighted by molar-refractivity contribution is -0.116. The Morgan fingerprint density at radius 1 is 1.00 bits per heavy atom. The van der Waals surface area contributed by atoms with E-state index in [2.05, 4.69) is 15.5 Å². The van der Waals surface area contributed by atoms with Crippen LogP contribution in [-0.4, -0.2) is 16.1 Å². The highest BCUT2D eigenvalue weighted by atomic mass is 19.1. The molecule has 1 aromatic heterocycles. The van der Waals surface area contributed by atoms with Crippen molar-refractivity contribution >= 4 is 11.6 Å². The number of aryl methyl sites for hydroxylation is 1. The molecule has 25 heavy (non-hydrogen) atoms. The van der Waals surface area contributed by atoms with Crippen LogP contribution in [0.2, 0.25) is 0 Å². The van der Waals surface area contributed by atoms with E-state index < -0.39 is 23.2 Å². The summed E-state index contributed by atoms with van der Waals surface area (Å²) in [5, 5.41) is 9.78. The molecule has 1 amide bonds. The molecule has 0 radical (unpaired) electrons. The molecule has 0 bridgehead atoms. The minimum Gasteiger partial charge on any atom is -0.421 e. The fourth-order valence-electron chi connectivity index (χ4n) is 2.10. The lowest BCUT2D eigenvalue weighted by Crippen LogP contribution is -2.14. The number of halogens is 3. The largest absolute Gasteiger partial charge is 0.421 e. The topological polar surface area (TPSA) is 68.0 Å². The summed E-state index contributed by atoms with van der Waals surface area (Å²) in [5.41, 5.74) is 0.0445. The van der Waals surface area contributed by atoms with Gasteiger partial charge in [0.1, 0.15) is 23.1 Å². The van der Waals surface area contributed by atoms with E-state index in [-0.39, 0.29) is 30.4 Å². The molecule has 8 heteroatoms. The highest BCUT2D eigenvalue weighted by Crippen LogP contribution is 2.20. The highest BCUT2D eigenvalue weighted by molar-refractivity contribution is 5.91. The smallest absolute Gasteiger partial charge is 0.247 e. The van der Waals surface area contributed by atoms with Crippen LogP contribution < -0.4 is 5.32 Å². The molecular weight excluding hydrogens is 335 g/mol. The predicted octanol–water partition coefficient (Wildman–Crippen LogP) is 3.73.